The lowest BCUT2D eigenvalue weighted by Gasteiger charge is -2.28. The monoisotopic (exact) mass is 388 g/mol. The SMILES string of the molecule is CCC(C)C(NC(=O)C(NC(=O)C(CO)NC(=O)CN)C(C)CC)C(=O)O. The van der Waals surface area contributed by atoms with Gasteiger partial charge in [0.25, 0.3) is 0 Å². The lowest BCUT2D eigenvalue weighted by Crippen LogP contribution is -2.59. The van der Waals surface area contributed by atoms with Crippen LogP contribution in [0.15, 0.2) is 0 Å². The molecule has 0 aromatic carbocycles. The van der Waals surface area contributed by atoms with Crippen molar-refractivity contribution in [2.75, 3.05) is 13.2 Å². The number of aliphatic carboxylic acids is 1. The number of hydrogen-bond donors (Lipinski definition) is 6. The van der Waals surface area contributed by atoms with Crippen LogP contribution in [0.1, 0.15) is 40.5 Å². The summed E-state index contributed by atoms with van der Waals surface area (Å²) in [7, 11) is 0. The van der Waals surface area contributed by atoms with Gasteiger partial charge in [0.2, 0.25) is 17.7 Å². The molecule has 0 aliphatic rings. The molecule has 0 heterocycles. The number of carbonyl (C=O) groups excluding carboxylic acids is 3. The predicted octanol–water partition coefficient (Wildman–Crippen LogP) is -1.43. The van der Waals surface area contributed by atoms with Crippen LogP contribution in [0, 0.1) is 11.8 Å². The van der Waals surface area contributed by atoms with Crippen LogP contribution in [0.25, 0.3) is 0 Å². The van der Waals surface area contributed by atoms with Crippen molar-refractivity contribution in [1.82, 2.24) is 16.0 Å². The summed E-state index contributed by atoms with van der Waals surface area (Å²) in [5, 5.41) is 25.9. The zero-order chi connectivity index (χ0) is 21.1. The topological polar surface area (TPSA) is 171 Å². The minimum atomic E-state index is -1.26. The second-order valence-electron chi connectivity index (χ2n) is 6.59. The molecule has 5 atom stereocenters. The normalized spacial score (nSPS) is 16.4. The Balaban J connectivity index is 5.31. The Morgan fingerprint density at radius 1 is 0.889 bits per heavy atom. The number of rotatable bonds is 12. The first-order chi connectivity index (χ1) is 12.6. The van der Waals surface area contributed by atoms with Crippen LogP contribution in [0.3, 0.4) is 0 Å². The molecule has 10 nitrogen and oxygen atoms in total. The summed E-state index contributed by atoms with van der Waals surface area (Å²) in [6.45, 7) is 6.05. The van der Waals surface area contributed by atoms with Gasteiger partial charge in [0, 0.05) is 0 Å². The third-order valence-corrected chi connectivity index (χ3v) is 4.59. The molecule has 0 aliphatic heterocycles. The number of amides is 3. The van der Waals surface area contributed by atoms with Gasteiger partial charge in [0.15, 0.2) is 0 Å². The molecule has 0 aromatic heterocycles. The maximum Gasteiger partial charge on any atom is 0.326 e. The Kier molecular flexibility index (Phi) is 11.2. The van der Waals surface area contributed by atoms with E-state index < -0.39 is 48.4 Å². The van der Waals surface area contributed by atoms with Gasteiger partial charge >= 0.3 is 5.97 Å². The van der Waals surface area contributed by atoms with Crippen LogP contribution in [0.4, 0.5) is 0 Å². The molecule has 3 amide bonds. The Morgan fingerprint density at radius 2 is 1.37 bits per heavy atom. The summed E-state index contributed by atoms with van der Waals surface area (Å²) in [6, 6.07) is -3.36. The van der Waals surface area contributed by atoms with Crippen LogP contribution in [0.2, 0.25) is 0 Å². The van der Waals surface area contributed by atoms with Gasteiger partial charge in [0.05, 0.1) is 13.2 Å². The maximum atomic E-state index is 12.6. The Bertz CT molecular complexity index is 528. The standard InChI is InChI=1S/C17H32N4O6/c1-5-9(3)13(16(25)21-14(17(26)27)10(4)6-2)20-15(24)11(8-22)19-12(23)7-18/h9-11,13-14,22H,5-8,18H2,1-4H3,(H,19,23)(H,20,24)(H,21,25)(H,26,27). The highest BCUT2D eigenvalue weighted by molar-refractivity contribution is 5.93. The lowest BCUT2D eigenvalue weighted by molar-refractivity contribution is -0.144. The van der Waals surface area contributed by atoms with Gasteiger partial charge in [-0.2, -0.15) is 0 Å². The molecule has 7 N–H and O–H groups in total. The number of carboxylic acids is 1. The number of hydrogen-bond acceptors (Lipinski definition) is 6. The molecule has 0 saturated carbocycles. The molecule has 10 heteroatoms. The third kappa shape index (κ3) is 7.92. The summed E-state index contributed by atoms with van der Waals surface area (Å²) >= 11 is 0. The van der Waals surface area contributed by atoms with E-state index in [4.69, 9.17) is 5.73 Å². The van der Waals surface area contributed by atoms with E-state index in [1.54, 1.807) is 13.8 Å². The molecule has 156 valence electrons. The van der Waals surface area contributed by atoms with Crippen molar-refractivity contribution in [3.8, 4) is 0 Å². The first-order valence-corrected chi connectivity index (χ1v) is 9.06. The number of carbonyl (C=O) groups is 4. The van der Waals surface area contributed by atoms with Gasteiger partial charge in [-0.15, -0.1) is 0 Å². The summed E-state index contributed by atoms with van der Waals surface area (Å²) < 4.78 is 0. The molecule has 0 saturated heterocycles. The molecule has 0 spiro atoms. The summed E-state index contributed by atoms with van der Waals surface area (Å²) in [5.74, 6) is -3.77. The molecule has 0 aromatic rings. The van der Waals surface area contributed by atoms with Crippen molar-refractivity contribution in [2.24, 2.45) is 17.6 Å². The van der Waals surface area contributed by atoms with Crippen LogP contribution < -0.4 is 21.7 Å². The van der Waals surface area contributed by atoms with Crippen molar-refractivity contribution in [2.45, 2.75) is 58.7 Å². The van der Waals surface area contributed by atoms with E-state index in [1.807, 2.05) is 13.8 Å². The van der Waals surface area contributed by atoms with Gasteiger partial charge in [-0.3, -0.25) is 14.4 Å². The second-order valence-corrected chi connectivity index (χ2v) is 6.59. The number of carboxylic acid groups (broad SMARTS) is 1. The Labute approximate surface area is 159 Å². The van der Waals surface area contributed by atoms with Crippen LogP contribution in [0.5, 0.6) is 0 Å². The minimum Gasteiger partial charge on any atom is -0.480 e. The van der Waals surface area contributed by atoms with E-state index >= 15 is 0 Å². The molecule has 5 unspecified atom stereocenters. The fourth-order valence-electron chi connectivity index (χ4n) is 2.33. The van der Waals surface area contributed by atoms with E-state index in [0.29, 0.717) is 12.8 Å². The van der Waals surface area contributed by atoms with Crippen LogP contribution >= 0.6 is 0 Å². The van der Waals surface area contributed by atoms with Gasteiger partial charge in [-0.05, 0) is 11.8 Å². The molecular formula is C17H32N4O6. The molecule has 27 heavy (non-hydrogen) atoms. The minimum absolute atomic E-state index is 0.297. The highest BCUT2D eigenvalue weighted by atomic mass is 16.4. The van der Waals surface area contributed by atoms with E-state index in [2.05, 4.69) is 16.0 Å². The van der Waals surface area contributed by atoms with Crippen molar-refractivity contribution in [3.63, 3.8) is 0 Å². The summed E-state index contributed by atoms with van der Waals surface area (Å²) in [6.07, 6.45) is 1.09. The van der Waals surface area contributed by atoms with Crippen molar-refractivity contribution in [3.05, 3.63) is 0 Å². The van der Waals surface area contributed by atoms with Crippen molar-refractivity contribution in [1.29, 1.82) is 0 Å². The fraction of sp³-hybridized carbons (Fsp3) is 0.765. The molecular weight excluding hydrogens is 356 g/mol. The highest BCUT2D eigenvalue weighted by Gasteiger charge is 2.33. The lowest BCUT2D eigenvalue weighted by atomic mass is 9.95. The molecule has 0 radical (unpaired) electrons. The maximum absolute atomic E-state index is 12.6. The van der Waals surface area contributed by atoms with Gasteiger partial charge in [-0.25, -0.2) is 4.79 Å². The average Bonchev–Trinajstić information content (AvgIpc) is 2.65. The molecule has 0 rings (SSSR count). The summed E-state index contributed by atoms with van der Waals surface area (Å²) in [5.41, 5.74) is 5.17. The van der Waals surface area contributed by atoms with Crippen molar-refractivity contribution < 1.29 is 29.4 Å². The third-order valence-electron chi connectivity index (χ3n) is 4.59. The predicted molar refractivity (Wildman–Crippen MR) is 98.5 cm³/mol. The van der Waals surface area contributed by atoms with Crippen LogP contribution in [-0.2, 0) is 19.2 Å². The van der Waals surface area contributed by atoms with Gasteiger partial charge < -0.3 is 31.9 Å². The Morgan fingerprint density at radius 3 is 1.78 bits per heavy atom. The fourth-order valence-corrected chi connectivity index (χ4v) is 2.33. The number of aliphatic hydroxyl groups excluding tert-OH is 1. The first kappa shape index (κ1) is 24.8. The quantitative estimate of drug-likeness (QED) is 0.238. The number of nitrogens with one attached hydrogen (secondary N) is 3. The van der Waals surface area contributed by atoms with E-state index in [0.717, 1.165) is 0 Å². The molecule has 0 aliphatic carbocycles. The molecule has 0 bridgehead atoms. The average molecular weight is 388 g/mol. The van der Waals surface area contributed by atoms with E-state index in [-0.39, 0.29) is 18.4 Å². The zero-order valence-corrected chi connectivity index (χ0v) is 16.3. The first-order valence-electron chi connectivity index (χ1n) is 9.06. The zero-order valence-electron chi connectivity index (χ0n) is 16.3. The van der Waals surface area contributed by atoms with Crippen LogP contribution in [-0.4, -0.2) is 65.2 Å². The largest absolute Gasteiger partial charge is 0.480 e. The van der Waals surface area contributed by atoms with E-state index in [9.17, 15) is 29.4 Å². The van der Waals surface area contributed by atoms with Gasteiger partial charge in [0.1, 0.15) is 18.1 Å². The van der Waals surface area contributed by atoms with Gasteiger partial charge in [-0.1, -0.05) is 40.5 Å². The van der Waals surface area contributed by atoms with E-state index in [1.165, 1.54) is 0 Å². The summed E-state index contributed by atoms with van der Waals surface area (Å²) in [4.78, 5) is 47.8. The molecule has 0 fully saturated rings. The highest BCUT2D eigenvalue weighted by Crippen LogP contribution is 2.12. The van der Waals surface area contributed by atoms with Crippen molar-refractivity contribution >= 4 is 23.7 Å². The smallest absolute Gasteiger partial charge is 0.326 e. The Hall–Kier alpha value is -2.20. The second kappa shape index (κ2) is 12.2. The number of aliphatic hydroxyl groups is 1. The number of nitrogens with two attached hydrogens (primary N) is 1.